The van der Waals surface area contributed by atoms with Crippen LogP contribution in [-0.4, -0.2) is 4.98 Å². The number of halogens is 3. The number of aromatic nitrogens is 1. The van der Waals surface area contributed by atoms with Crippen LogP contribution in [0.25, 0.3) is 0 Å². The quantitative estimate of drug-likeness (QED) is 0.665. The molecule has 0 saturated heterocycles. The monoisotopic (exact) mass is 269 g/mol. The van der Waals surface area contributed by atoms with E-state index < -0.39 is 17.7 Å². The molecular weight excluding hydrogens is 260 g/mol. The topological polar surface area (TPSA) is 50.9 Å². The fourth-order valence-electron chi connectivity index (χ4n) is 1.64. The van der Waals surface area contributed by atoms with Gasteiger partial charge in [-0.25, -0.2) is 14.2 Å². The highest BCUT2D eigenvalue weighted by atomic mass is 35.5. The first-order valence-corrected chi connectivity index (χ1v) is 5.52. The van der Waals surface area contributed by atoms with Crippen molar-refractivity contribution in [2.45, 2.75) is 6.04 Å². The summed E-state index contributed by atoms with van der Waals surface area (Å²) in [5.74, 6) is 3.51. The molecule has 6 heteroatoms. The van der Waals surface area contributed by atoms with Gasteiger partial charge in [0.15, 0.2) is 11.6 Å². The second-order valence-corrected chi connectivity index (χ2v) is 4.08. The van der Waals surface area contributed by atoms with Gasteiger partial charge in [-0.15, -0.1) is 0 Å². The van der Waals surface area contributed by atoms with Crippen LogP contribution in [0.5, 0.6) is 0 Å². The number of hydrogen-bond acceptors (Lipinski definition) is 3. The van der Waals surface area contributed by atoms with E-state index in [0.29, 0.717) is 10.7 Å². The summed E-state index contributed by atoms with van der Waals surface area (Å²) in [5, 5.41) is 0.453. The lowest BCUT2D eigenvalue weighted by molar-refractivity contribution is 0.481. The molecule has 1 atom stereocenters. The lowest BCUT2D eigenvalue weighted by atomic mass is 10.0. The SMILES string of the molecule is NNC(c1ccc(Cl)cn1)c1cccc(F)c1F. The van der Waals surface area contributed by atoms with Gasteiger partial charge in [-0.05, 0) is 18.2 Å². The van der Waals surface area contributed by atoms with Crippen LogP contribution in [-0.2, 0) is 0 Å². The minimum Gasteiger partial charge on any atom is -0.271 e. The van der Waals surface area contributed by atoms with E-state index >= 15 is 0 Å². The minimum atomic E-state index is -0.947. The van der Waals surface area contributed by atoms with E-state index in [0.717, 1.165) is 6.07 Å². The summed E-state index contributed by atoms with van der Waals surface area (Å²) in [4.78, 5) is 4.03. The highest BCUT2D eigenvalue weighted by Gasteiger charge is 2.19. The van der Waals surface area contributed by atoms with Gasteiger partial charge in [0.05, 0.1) is 16.8 Å². The normalized spacial score (nSPS) is 12.4. The minimum absolute atomic E-state index is 0.0901. The predicted octanol–water partition coefficient (Wildman–Crippen LogP) is 2.57. The third-order valence-electron chi connectivity index (χ3n) is 2.51. The molecule has 3 N–H and O–H groups in total. The molecule has 0 bridgehead atoms. The molecule has 0 aliphatic rings. The number of benzene rings is 1. The first kappa shape index (κ1) is 12.9. The van der Waals surface area contributed by atoms with E-state index in [2.05, 4.69) is 10.4 Å². The number of hydrazine groups is 1. The maximum absolute atomic E-state index is 13.7. The van der Waals surface area contributed by atoms with Crippen LogP contribution in [0, 0.1) is 11.6 Å². The molecule has 1 aromatic carbocycles. The van der Waals surface area contributed by atoms with Crippen molar-refractivity contribution in [3.8, 4) is 0 Å². The number of rotatable bonds is 3. The summed E-state index contributed by atoms with van der Waals surface area (Å²) >= 11 is 5.71. The van der Waals surface area contributed by atoms with Gasteiger partial charge in [-0.3, -0.25) is 10.8 Å². The molecule has 0 spiro atoms. The molecule has 2 aromatic rings. The Bertz CT molecular complexity index is 546. The van der Waals surface area contributed by atoms with E-state index in [9.17, 15) is 8.78 Å². The van der Waals surface area contributed by atoms with Gasteiger partial charge in [0.25, 0.3) is 0 Å². The van der Waals surface area contributed by atoms with Crippen molar-refractivity contribution in [1.29, 1.82) is 0 Å². The largest absolute Gasteiger partial charge is 0.271 e. The van der Waals surface area contributed by atoms with Crippen molar-refractivity contribution in [2.24, 2.45) is 5.84 Å². The summed E-state index contributed by atoms with van der Waals surface area (Å²) in [6.45, 7) is 0. The van der Waals surface area contributed by atoms with Crippen molar-refractivity contribution in [3.63, 3.8) is 0 Å². The van der Waals surface area contributed by atoms with Crippen LogP contribution in [0.4, 0.5) is 8.78 Å². The van der Waals surface area contributed by atoms with Crippen LogP contribution in [0.2, 0.25) is 5.02 Å². The Morgan fingerprint density at radius 1 is 1.22 bits per heavy atom. The number of nitrogens with two attached hydrogens (primary N) is 1. The van der Waals surface area contributed by atoms with E-state index in [4.69, 9.17) is 17.4 Å². The summed E-state index contributed by atoms with van der Waals surface area (Å²) in [7, 11) is 0. The summed E-state index contributed by atoms with van der Waals surface area (Å²) in [6.07, 6.45) is 1.42. The molecule has 0 amide bonds. The molecule has 1 aromatic heterocycles. The molecule has 0 radical (unpaired) electrons. The maximum atomic E-state index is 13.7. The fourth-order valence-corrected chi connectivity index (χ4v) is 1.75. The van der Waals surface area contributed by atoms with Crippen LogP contribution >= 0.6 is 11.6 Å². The van der Waals surface area contributed by atoms with Gasteiger partial charge in [0, 0.05) is 11.8 Å². The summed E-state index contributed by atoms with van der Waals surface area (Å²) in [5.41, 5.74) is 2.95. The van der Waals surface area contributed by atoms with Gasteiger partial charge >= 0.3 is 0 Å². The van der Waals surface area contributed by atoms with Gasteiger partial charge in [-0.2, -0.15) is 0 Å². The highest BCUT2D eigenvalue weighted by molar-refractivity contribution is 6.30. The molecule has 0 saturated carbocycles. The van der Waals surface area contributed by atoms with Gasteiger partial charge in [0.2, 0.25) is 0 Å². The van der Waals surface area contributed by atoms with E-state index in [1.807, 2.05) is 0 Å². The molecule has 1 heterocycles. The van der Waals surface area contributed by atoms with Crippen molar-refractivity contribution in [1.82, 2.24) is 10.4 Å². The zero-order valence-corrected chi connectivity index (χ0v) is 9.96. The number of nitrogens with one attached hydrogen (secondary N) is 1. The Morgan fingerprint density at radius 3 is 2.61 bits per heavy atom. The third kappa shape index (κ3) is 2.48. The standard InChI is InChI=1S/C12H10ClF2N3/c13-7-4-5-10(17-6-7)12(18-16)8-2-1-3-9(14)11(8)15/h1-6,12,18H,16H2. The fraction of sp³-hybridized carbons (Fsp3) is 0.0833. The smallest absolute Gasteiger partial charge is 0.164 e. The Kier molecular flexibility index (Phi) is 3.86. The van der Waals surface area contributed by atoms with E-state index in [1.165, 1.54) is 18.3 Å². The summed E-state index contributed by atoms with van der Waals surface area (Å²) in [6, 6.07) is 6.36. The van der Waals surface area contributed by atoms with Crippen LogP contribution < -0.4 is 11.3 Å². The molecule has 18 heavy (non-hydrogen) atoms. The van der Waals surface area contributed by atoms with Crippen molar-refractivity contribution >= 4 is 11.6 Å². The zero-order valence-electron chi connectivity index (χ0n) is 9.20. The van der Waals surface area contributed by atoms with Crippen molar-refractivity contribution in [2.75, 3.05) is 0 Å². The molecule has 0 fully saturated rings. The predicted molar refractivity (Wildman–Crippen MR) is 64.8 cm³/mol. The average molecular weight is 270 g/mol. The Morgan fingerprint density at radius 2 is 2.00 bits per heavy atom. The number of pyridine rings is 1. The zero-order chi connectivity index (χ0) is 13.1. The van der Waals surface area contributed by atoms with Crippen LogP contribution in [0.15, 0.2) is 36.5 Å². The number of nitrogens with zero attached hydrogens (tertiary/aromatic N) is 1. The molecule has 94 valence electrons. The Balaban J connectivity index is 2.45. The van der Waals surface area contributed by atoms with Crippen LogP contribution in [0.1, 0.15) is 17.3 Å². The van der Waals surface area contributed by atoms with Crippen molar-refractivity contribution in [3.05, 3.63) is 64.4 Å². The lowest BCUT2D eigenvalue weighted by Crippen LogP contribution is -2.30. The van der Waals surface area contributed by atoms with Gasteiger partial charge < -0.3 is 0 Å². The first-order chi connectivity index (χ1) is 8.63. The van der Waals surface area contributed by atoms with E-state index in [1.54, 1.807) is 12.1 Å². The van der Waals surface area contributed by atoms with E-state index in [-0.39, 0.29) is 5.56 Å². The second-order valence-electron chi connectivity index (χ2n) is 3.64. The summed E-state index contributed by atoms with van der Waals surface area (Å²) < 4.78 is 26.8. The maximum Gasteiger partial charge on any atom is 0.164 e. The molecule has 2 rings (SSSR count). The molecule has 1 unspecified atom stereocenters. The third-order valence-corrected chi connectivity index (χ3v) is 2.73. The molecular formula is C12H10ClF2N3. The van der Waals surface area contributed by atoms with Gasteiger partial charge in [0.1, 0.15) is 0 Å². The van der Waals surface area contributed by atoms with Crippen molar-refractivity contribution < 1.29 is 8.78 Å². The lowest BCUT2D eigenvalue weighted by Gasteiger charge is -2.16. The Labute approximate surface area is 108 Å². The van der Waals surface area contributed by atoms with Crippen LogP contribution in [0.3, 0.4) is 0 Å². The highest BCUT2D eigenvalue weighted by Crippen LogP contribution is 2.24. The molecule has 0 aliphatic carbocycles. The first-order valence-electron chi connectivity index (χ1n) is 5.15. The molecule has 0 aliphatic heterocycles. The Hall–Kier alpha value is -1.56. The average Bonchev–Trinajstić information content (AvgIpc) is 2.37. The van der Waals surface area contributed by atoms with Gasteiger partial charge in [-0.1, -0.05) is 23.7 Å². The second kappa shape index (κ2) is 5.39. The molecule has 3 nitrogen and oxygen atoms in total. The number of hydrogen-bond donors (Lipinski definition) is 2.